The van der Waals surface area contributed by atoms with E-state index in [2.05, 4.69) is 53.6 Å². The van der Waals surface area contributed by atoms with Gasteiger partial charge in [0.15, 0.2) is 5.96 Å². The summed E-state index contributed by atoms with van der Waals surface area (Å²) in [6.45, 7) is 7.81. The number of hydrogen-bond donors (Lipinski definition) is 2. The topological polar surface area (TPSA) is 66.0 Å². The Hall–Kier alpha value is -2.29. The maximum Gasteiger partial charge on any atom is 0.337 e. The van der Waals surface area contributed by atoms with Gasteiger partial charge in [-0.15, -0.1) is 24.0 Å². The van der Waals surface area contributed by atoms with Crippen LogP contribution in [-0.2, 0) is 11.3 Å². The van der Waals surface area contributed by atoms with Crippen molar-refractivity contribution in [2.24, 2.45) is 4.99 Å². The number of nitrogens with one attached hydrogen (secondary N) is 2. The molecule has 1 aliphatic rings. The summed E-state index contributed by atoms with van der Waals surface area (Å²) in [5.74, 6) is 0.443. The Morgan fingerprint density at radius 1 is 1.16 bits per heavy atom. The molecule has 168 valence electrons. The van der Waals surface area contributed by atoms with E-state index in [1.54, 1.807) is 12.1 Å². The van der Waals surface area contributed by atoms with Crippen LogP contribution in [-0.4, -0.2) is 38.7 Å². The third-order valence-corrected chi connectivity index (χ3v) is 5.33. The largest absolute Gasteiger partial charge is 0.465 e. The fourth-order valence-corrected chi connectivity index (χ4v) is 3.61. The van der Waals surface area contributed by atoms with Gasteiger partial charge >= 0.3 is 5.97 Å². The molecule has 1 unspecified atom stereocenters. The monoisotopic (exact) mass is 536 g/mol. The zero-order chi connectivity index (χ0) is 21.3. The number of methoxy groups -OCH3 is 1. The van der Waals surface area contributed by atoms with Crippen molar-refractivity contribution in [3.63, 3.8) is 0 Å². The zero-order valence-electron chi connectivity index (χ0n) is 18.6. The average molecular weight is 536 g/mol. The standard InChI is InChI=1S/C24H32N4O2.HI/c1-4-25-24(26-17-19-10-12-20(13-11-19)23(29)30-3)27-18(2)21-8-7-9-22(16-21)28-14-5-6-15-28;/h7-13,16,18H,4-6,14-15,17H2,1-3H3,(H2,25,26,27);1H. The Kier molecular flexibility index (Phi) is 10.1. The molecule has 2 N–H and O–H groups in total. The SMILES string of the molecule is CCNC(=NCc1ccc(C(=O)OC)cc1)NC(C)c1cccc(N2CCCC2)c1.I. The molecule has 1 aliphatic heterocycles. The summed E-state index contributed by atoms with van der Waals surface area (Å²) in [5, 5.41) is 6.82. The lowest BCUT2D eigenvalue weighted by molar-refractivity contribution is 0.0600. The van der Waals surface area contributed by atoms with Crippen molar-refractivity contribution in [2.75, 3.05) is 31.6 Å². The van der Waals surface area contributed by atoms with E-state index in [0.717, 1.165) is 31.2 Å². The number of aliphatic imine (C=N–C) groups is 1. The first kappa shape index (κ1) is 25.0. The summed E-state index contributed by atoms with van der Waals surface area (Å²) in [6, 6.07) is 16.2. The van der Waals surface area contributed by atoms with E-state index in [-0.39, 0.29) is 36.0 Å². The minimum absolute atomic E-state index is 0. The number of esters is 1. The summed E-state index contributed by atoms with van der Waals surface area (Å²) < 4.78 is 4.74. The van der Waals surface area contributed by atoms with Crippen LogP contribution in [0.15, 0.2) is 53.5 Å². The van der Waals surface area contributed by atoms with E-state index in [4.69, 9.17) is 9.73 Å². The molecule has 0 bridgehead atoms. The molecule has 2 aromatic rings. The smallest absolute Gasteiger partial charge is 0.337 e. The Balaban J connectivity index is 0.00000341. The van der Waals surface area contributed by atoms with Gasteiger partial charge in [-0.25, -0.2) is 9.79 Å². The van der Waals surface area contributed by atoms with E-state index in [0.29, 0.717) is 12.1 Å². The van der Waals surface area contributed by atoms with Crippen LogP contribution in [0, 0.1) is 0 Å². The highest BCUT2D eigenvalue weighted by atomic mass is 127. The highest BCUT2D eigenvalue weighted by Gasteiger charge is 2.14. The second kappa shape index (κ2) is 12.5. The number of ether oxygens (including phenoxy) is 1. The number of hydrogen-bond acceptors (Lipinski definition) is 4. The van der Waals surface area contributed by atoms with Gasteiger partial charge in [-0.3, -0.25) is 0 Å². The maximum absolute atomic E-state index is 11.6. The molecule has 3 rings (SSSR count). The number of halogens is 1. The predicted molar refractivity (Wildman–Crippen MR) is 137 cm³/mol. The molecule has 0 radical (unpaired) electrons. The first-order valence-electron chi connectivity index (χ1n) is 10.7. The number of anilines is 1. The van der Waals surface area contributed by atoms with Crippen LogP contribution in [0.3, 0.4) is 0 Å². The van der Waals surface area contributed by atoms with Gasteiger partial charge in [-0.2, -0.15) is 0 Å². The number of carbonyl (C=O) groups excluding carboxylic acids is 1. The predicted octanol–water partition coefficient (Wildman–Crippen LogP) is 4.51. The van der Waals surface area contributed by atoms with Crippen molar-refractivity contribution in [1.82, 2.24) is 10.6 Å². The van der Waals surface area contributed by atoms with Crippen LogP contribution in [0.1, 0.15) is 54.2 Å². The first-order chi connectivity index (χ1) is 14.6. The molecule has 0 aliphatic carbocycles. The Morgan fingerprint density at radius 2 is 1.87 bits per heavy atom. The van der Waals surface area contributed by atoms with Crippen molar-refractivity contribution in [1.29, 1.82) is 0 Å². The molecule has 0 spiro atoms. The fraction of sp³-hybridized carbons (Fsp3) is 0.417. The van der Waals surface area contributed by atoms with Crippen LogP contribution in [0.25, 0.3) is 0 Å². The third kappa shape index (κ3) is 7.12. The average Bonchev–Trinajstić information content (AvgIpc) is 3.32. The van der Waals surface area contributed by atoms with E-state index < -0.39 is 0 Å². The molecule has 31 heavy (non-hydrogen) atoms. The van der Waals surface area contributed by atoms with Crippen molar-refractivity contribution in [3.8, 4) is 0 Å². The minimum atomic E-state index is -0.329. The van der Waals surface area contributed by atoms with Gasteiger partial charge in [0.25, 0.3) is 0 Å². The molecule has 1 fully saturated rings. The molecule has 1 saturated heterocycles. The van der Waals surface area contributed by atoms with Crippen LogP contribution in [0.5, 0.6) is 0 Å². The van der Waals surface area contributed by atoms with Gasteiger partial charge in [0.1, 0.15) is 0 Å². The summed E-state index contributed by atoms with van der Waals surface area (Å²) in [6.07, 6.45) is 2.55. The molecule has 0 aromatic heterocycles. The molecule has 0 amide bonds. The maximum atomic E-state index is 11.6. The van der Waals surface area contributed by atoms with Crippen molar-refractivity contribution < 1.29 is 9.53 Å². The summed E-state index contributed by atoms with van der Waals surface area (Å²) >= 11 is 0. The highest BCUT2D eigenvalue weighted by molar-refractivity contribution is 14.0. The van der Waals surface area contributed by atoms with Gasteiger partial charge < -0.3 is 20.3 Å². The summed E-state index contributed by atoms with van der Waals surface area (Å²) in [7, 11) is 1.39. The number of rotatable bonds is 7. The van der Waals surface area contributed by atoms with E-state index in [9.17, 15) is 4.79 Å². The van der Waals surface area contributed by atoms with Crippen LogP contribution in [0.2, 0.25) is 0 Å². The molecular weight excluding hydrogens is 503 g/mol. The van der Waals surface area contributed by atoms with E-state index in [1.807, 2.05) is 12.1 Å². The Labute approximate surface area is 202 Å². The number of carbonyl (C=O) groups is 1. The molecule has 7 heteroatoms. The van der Waals surface area contributed by atoms with Crippen LogP contribution >= 0.6 is 24.0 Å². The normalized spacial score (nSPS) is 14.5. The quantitative estimate of drug-likeness (QED) is 0.236. The first-order valence-corrected chi connectivity index (χ1v) is 10.7. The second-order valence-electron chi connectivity index (χ2n) is 7.54. The van der Waals surface area contributed by atoms with Crippen LogP contribution < -0.4 is 15.5 Å². The van der Waals surface area contributed by atoms with Gasteiger partial charge in [-0.05, 0) is 62.1 Å². The van der Waals surface area contributed by atoms with Gasteiger partial charge in [0.05, 0.1) is 25.3 Å². The fourth-order valence-electron chi connectivity index (χ4n) is 3.61. The number of benzene rings is 2. The lowest BCUT2D eigenvalue weighted by Gasteiger charge is -2.22. The molecule has 6 nitrogen and oxygen atoms in total. The minimum Gasteiger partial charge on any atom is -0.465 e. The number of guanidine groups is 1. The summed E-state index contributed by atoms with van der Waals surface area (Å²) in [4.78, 5) is 18.7. The lowest BCUT2D eigenvalue weighted by atomic mass is 10.1. The zero-order valence-corrected chi connectivity index (χ0v) is 20.9. The Morgan fingerprint density at radius 3 is 2.52 bits per heavy atom. The molecule has 1 atom stereocenters. The molecule has 1 heterocycles. The van der Waals surface area contributed by atoms with Crippen molar-refractivity contribution in [2.45, 2.75) is 39.3 Å². The van der Waals surface area contributed by atoms with Crippen molar-refractivity contribution >= 4 is 41.6 Å². The lowest BCUT2D eigenvalue weighted by Crippen LogP contribution is -2.38. The third-order valence-electron chi connectivity index (χ3n) is 5.33. The molecule has 2 aromatic carbocycles. The van der Waals surface area contributed by atoms with E-state index in [1.165, 1.54) is 31.2 Å². The van der Waals surface area contributed by atoms with Crippen molar-refractivity contribution in [3.05, 3.63) is 65.2 Å². The van der Waals surface area contributed by atoms with E-state index >= 15 is 0 Å². The number of nitrogens with zero attached hydrogens (tertiary/aromatic N) is 2. The molecule has 0 saturated carbocycles. The van der Waals surface area contributed by atoms with Gasteiger partial charge in [0.2, 0.25) is 0 Å². The molecular formula is C24H33IN4O2. The Bertz CT molecular complexity index is 864. The highest BCUT2D eigenvalue weighted by Crippen LogP contribution is 2.24. The van der Waals surface area contributed by atoms with Crippen LogP contribution in [0.4, 0.5) is 5.69 Å². The second-order valence-corrected chi connectivity index (χ2v) is 7.54. The summed E-state index contributed by atoms with van der Waals surface area (Å²) in [5.41, 5.74) is 4.11. The van der Waals surface area contributed by atoms with Gasteiger partial charge in [0, 0.05) is 25.3 Å². The van der Waals surface area contributed by atoms with Gasteiger partial charge in [-0.1, -0.05) is 24.3 Å².